The Hall–Kier alpha value is -0.850. The fourth-order valence-corrected chi connectivity index (χ4v) is 0.500. The zero-order valence-electron chi connectivity index (χ0n) is 7.85. The maximum atomic E-state index is 10.2. The Morgan fingerprint density at radius 2 is 1.62 bits per heavy atom. The molecule has 0 rings (SSSR count). The molecule has 0 aromatic carbocycles. The molecule has 0 spiro atoms. The van der Waals surface area contributed by atoms with Crippen LogP contribution in [-0.4, -0.2) is 33.2 Å². The van der Waals surface area contributed by atoms with Crippen molar-refractivity contribution in [1.82, 2.24) is 0 Å². The van der Waals surface area contributed by atoms with Crippen molar-refractivity contribution < 1.29 is 60.7 Å². The molecular formula is C6H7NaO6. The van der Waals surface area contributed by atoms with Gasteiger partial charge in [-0.15, -0.1) is 0 Å². The molecule has 0 amide bonds. The van der Waals surface area contributed by atoms with E-state index >= 15 is 0 Å². The van der Waals surface area contributed by atoms with E-state index in [1.165, 1.54) is 0 Å². The Balaban J connectivity index is -0.000000605. The van der Waals surface area contributed by atoms with E-state index in [1.807, 2.05) is 0 Å². The maximum absolute atomic E-state index is 10.2. The fraction of sp³-hybridized carbons (Fsp3) is 0.167. The summed E-state index contributed by atoms with van der Waals surface area (Å²) in [7, 11) is 0. The first-order valence-corrected chi connectivity index (χ1v) is 2.82. The number of hydrogen-bond donors (Lipinski definition) is 3. The van der Waals surface area contributed by atoms with Gasteiger partial charge in [-0.25, -0.2) is 9.59 Å². The summed E-state index contributed by atoms with van der Waals surface area (Å²) in [5.41, 5.74) is -0.657. The Morgan fingerprint density at radius 3 is 1.85 bits per heavy atom. The number of carboxylic acids is 3. The van der Waals surface area contributed by atoms with E-state index in [2.05, 4.69) is 0 Å². The van der Waals surface area contributed by atoms with E-state index in [0.717, 1.165) is 0 Å². The molecule has 0 heterocycles. The van der Waals surface area contributed by atoms with Gasteiger partial charge in [0.15, 0.2) is 0 Å². The van der Waals surface area contributed by atoms with E-state index in [1.54, 1.807) is 0 Å². The molecule has 7 heteroatoms. The van der Waals surface area contributed by atoms with E-state index < -0.39 is 29.9 Å². The number of hydrogen-bond acceptors (Lipinski definition) is 3. The van der Waals surface area contributed by atoms with Crippen LogP contribution in [0.4, 0.5) is 0 Å². The normalized spacial score (nSPS) is 10.0. The van der Waals surface area contributed by atoms with Crippen LogP contribution in [0.25, 0.3) is 0 Å². The summed E-state index contributed by atoms with van der Waals surface area (Å²) >= 11 is 0. The van der Waals surface area contributed by atoms with E-state index in [9.17, 15) is 14.4 Å². The molecule has 0 aromatic heterocycles. The predicted octanol–water partition coefficient (Wildman–Crippen LogP) is -3.33. The first-order valence-electron chi connectivity index (χ1n) is 2.82. The second-order valence-electron chi connectivity index (χ2n) is 1.88. The van der Waals surface area contributed by atoms with Gasteiger partial charge in [-0.2, -0.15) is 0 Å². The van der Waals surface area contributed by atoms with Crippen LogP contribution >= 0.6 is 0 Å². The summed E-state index contributed by atoms with van der Waals surface area (Å²) in [4.78, 5) is 30.1. The summed E-state index contributed by atoms with van der Waals surface area (Å²) < 4.78 is 0. The fourth-order valence-electron chi connectivity index (χ4n) is 0.500. The zero-order chi connectivity index (χ0) is 9.72. The molecule has 68 valence electrons. The Labute approximate surface area is 96.6 Å². The topological polar surface area (TPSA) is 112 Å². The van der Waals surface area contributed by atoms with Crippen LogP contribution in [0.5, 0.6) is 0 Å². The summed E-state index contributed by atoms with van der Waals surface area (Å²) in [6, 6.07) is 0. The number of rotatable bonds is 4. The molecule has 0 aromatic rings. The van der Waals surface area contributed by atoms with Crippen LogP contribution in [0.15, 0.2) is 11.6 Å². The molecule has 0 radical (unpaired) electrons. The third-order valence-electron chi connectivity index (χ3n) is 0.914. The molecular weight excluding hydrogens is 191 g/mol. The minimum atomic E-state index is -1.54. The van der Waals surface area contributed by atoms with Crippen LogP contribution in [0, 0.1) is 0 Å². The average Bonchev–Trinajstić information content (AvgIpc) is 1.83. The smallest absolute Gasteiger partial charge is 1.00 e. The molecule has 0 saturated carbocycles. The summed E-state index contributed by atoms with van der Waals surface area (Å²) in [5.74, 6) is -4.40. The molecule has 0 aliphatic rings. The molecule has 6 nitrogen and oxygen atoms in total. The first kappa shape index (κ1) is 14.7. The molecule has 0 atom stereocenters. The second-order valence-corrected chi connectivity index (χ2v) is 1.88. The summed E-state index contributed by atoms with van der Waals surface area (Å²) in [5, 5.41) is 24.5. The van der Waals surface area contributed by atoms with Gasteiger partial charge in [0.2, 0.25) is 0 Å². The Bertz CT molecular complexity index is 261. The van der Waals surface area contributed by atoms with Crippen molar-refractivity contribution in [3.05, 3.63) is 11.6 Å². The average molecular weight is 198 g/mol. The summed E-state index contributed by atoms with van der Waals surface area (Å²) in [6.07, 6.45) is -0.446. The molecule has 3 N–H and O–H groups in total. The predicted molar refractivity (Wildman–Crippen MR) is 36.7 cm³/mol. The SMILES string of the molecule is O=C(O)C=C(CC(=O)O)C(=O)O.[H-].[Na+]. The van der Waals surface area contributed by atoms with E-state index in [0.29, 0.717) is 6.08 Å². The standard InChI is InChI=1S/C6H6O6.Na.H/c7-4(8)1-3(6(11)12)2-5(9)10;;/h1H,2H2,(H,7,8)(H,9,10)(H,11,12);;/q;+1;-1. The van der Waals surface area contributed by atoms with Gasteiger partial charge in [-0.05, 0) is 0 Å². The molecule has 0 aliphatic heterocycles. The third-order valence-corrected chi connectivity index (χ3v) is 0.914. The zero-order valence-corrected chi connectivity index (χ0v) is 8.85. The van der Waals surface area contributed by atoms with Crippen molar-refractivity contribution in [3.63, 3.8) is 0 Å². The molecule has 0 fully saturated rings. The van der Waals surface area contributed by atoms with Crippen molar-refractivity contribution >= 4 is 17.9 Å². The maximum Gasteiger partial charge on any atom is 1.00 e. The molecule has 0 saturated heterocycles. The van der Waals surface area contributed by atoms with Gasteiger partial charge < -0.3 is 16.7 Å². The summed E-state index contributed by atoms with van der Waals surface area (Å²) in [6.45, 7) is 0. The number of carbonyl (C=O) groups is 3. The second kappa shape index (κ2) is 6.64. The molecule has 0 unspecified atom stereocenters. The van der Waals surface area contributed by atoms with Gasteiger partial charge >= 0.3 is 47.5 Å². The minimum absolute atomic E-state index is 0. The largest absolute Gasteiger partial charge is 1.00 e. The van der Waals surface area contributed by atoms with Gasteiger partial charge in [-0.1, -0.05) is 0 Å². The van der Waals surface area contributed by atoms with Crippen molar-refractivity contribution in [1.29, 1.82) is 0 Å². The molecule has 0 bridgehead atoms. The quantitative estimate of drug-likeness (QED) is 0.322. The number of aliphatic carboxylic acids is 3. The van der Waals surface area contributed by atoms with Crippen molar-refractivity contribution in [2.75, 3.05) is 0 Å². The van der Waals surface area contributed by atoms with Gasteiger partial charge in [0.05, 0.1) is 12.0 Å². The molecule has 13 heavy (non-hydrogen) atoms. The van der Waals surface area contributed by atoms with E-state index in [-0.39, 0.29) is 31.0 Å². The van der Waals surface area contributed by atoms with Crippen LogP contribution in [-0.2, 0) is 14.4 Å². The van der Waals surface area contributed by atoms with Gasteiger partial charge in [0.25, 0.3) is 0 Å². The number of carboxylic acid groups (broad SMARTS) is 3. The minimum Gasteiger partial charge on any atom is -1.00 e. The third kappa shape index (κ3) is 7.51. The van der Waals surface area contributed by atoms with Crippen molar-refractivity contribution in [2.24, 2.45) is 0 Å². The van der Waals surface area contributed by atoms with Crippen molar-refractivity contribution in [3.8, 4) is 0 Å². The van der Waals surface area contributed by atoms with E-state index in [4.69, 9.17) is 15.3 Å². The Morgan fingerprint density at radius 1 is 1.15 bits per heavy atom. The molecule has 0 aliphatic carbocycles. The van der Waals surface area contributed by atoms with Gasteiger partial charge in [0, 0.05) is 6.08 Å². The van der Waals surface area contributed by atoms with Crippen LogP contribution in [0.2, 0.25) is 0 Å². The first-order chi connectivity index (χ1) is 5.43. The van der Waals surface area contributed by atoms with Gasteiger partial charge in [0.1, 0.15) is 0 Å². The van der Waals surface area contributed by atoms with Crippen LogP contribution in [0.1, 0.15) is 7.85 Å². The van der Waals surface area contributed by atoms with Crippen LogP contribution < -0.4 is 29.6 Å². The monoisotopic (exact) mass is 198 g/mol. The van der Waals surface area contributed by atoms with Crippen LogP contribution in [0.3, 0.4) is 0 Å². The Kier molecular flexibility index (Phi) is 7.49. The van der Waals surface area contributed by atoms with Crippen molar-refractivity contribution in [2.45, 2.75) is 6.42 Å². The van der Waals surface area contributed by atoms with Gasteiger partial charge in [-0.3, -0.25) is 4.79 Å².